The molecule has 7 heteroatoms. The van der Waals surface area contributed by atoms with Crippen molar-refractivity contribution in [2.45, 2.75) is 6.92 Å². The first-order valence-corrected chi connectivity index (χ1v) is 7.50. The highest BCUT2D eigenvalue weighted by Crippen LogP contribution is 2.36. The first kappa shape index (κ1) is 17.6. The van der Waals surface area contributed by atoms with Gasteiger partial charge in [0.1, 0.15) is 0 Å². The highest BCUT2D eigenvalue weighted by Gasteiger charge is 2.11. The zero-order valence-electron chi connectivity index (χ0n) is 13.6. The number of hydrazone groups is 1. The molecule has 2 rings (SSSR count). The predicted octanol–water partition coefficient (Wildman–Crippen LogP) is 3.82. The van der Waals surface area contributed by atoms with Crippen LogP contribution in [0.1, 0.15) is 11.1 Å². The lowest BCUT2D eigenvalue weighted by Crippen LogP contribution is -2.24. The molecule has 0 spiro atoms. The van der Waals surface area contributed by atoms with Crippen LogP contribution in [0.5, 0.6) is 11.5 Å². The Morgan fingerprint density at radius 3 is 2.58 bits per heavy atom. The molecular weight excluding hydrogens is 330 g/mol. The molecule has 0 aliphatic rings. The lowest BCUT2D eigenvalue weighted by molar-refractivity contribution is 0.252. The van der Waals surface area contributed by atoms with Crippen LogP contribution >= 0.6 is 11.6 Å². The first-order valence-electron chi connectivity index (χ1n) is 7.13. The number of carbonyl (C=O) groups excluding carboxylic acids is 1. The number of aryl methyl sites for hydroxylation is 1. The number of amides is 2. The maximum Gasteiger partial charge on any atom is 0.339 e. The second-order valence-corrected chi connectivity index (χ2v) is 5.22. The van der Waals surface area contributed by atoms with Crippen LogP contribution in [-0.2, 0) is 0 Å². The van der Waals surface area contributed by atoms with Crippen molar-refractivity contribution in [2.75, 3.05) is 19.5 Å². The van der Waals surface area contributed by atoms with Crippen molar-refractivity contribution < 1.29 is 14.3 Å². The molecule has 0 fully saturated rings. The van der Waals surface area contributed by atoms with Gasteiger partial charge >= 0.3 is 6.03 Å². The Hall–Kier alpha value is -2.73. The molecule has 0 aliphatic carbocycles. The van der Waals surface area contributed by atoms with Crippen LogP contribution in [0, 0.1) is 6.92 Å². The molecular formula is C17H18ClN3O3. The van der Waals surface area contributed by atoms with E-state index in [1.54, 1.807) is 12.1 Å². The topological polar surface area (TPSA) is 72.0 Å². The molecule has 0 radical (unpaired) electrons. The third kappa shape index (κ3) is 4.17. The number of nitrogens with one attached hydrogen (secondary N) is 2. The molecule has 24 heavy (non-hydrogen) atoms. The predicted molar refractivity (Wildman–Crippen MR) is 95.5 cm³/mol. The van der Waals surface area contributed by atoms with Crippen molar-refractivity contribution in [1.82, 2.24) is 5.43 Å². The number of para-hydroxylation sites is 1. The molecule has 2 aromatic carbocycles. The van der Waals surface area contributed by atoms with Crippen molar-refractivity contribution in [3.05, 3.63) is 52.5 Å². The van der Waals surface area contributed by atoms with Crippen LogP contribution in [-0.4, -0.2) is 26.5 Å². The number of anilines is 1. The zero-order valence-corrected chi connectivity index (χ0v) is 14.3. The average Bonchev–Trinajstić information content (AvgIpc) is 2.58. The zero-order chi connectivity index (χ0) is 17.5. The van der Waals surface area contributed by atoms with Gasteiger partial charge in [-0.15, -0.1) is 0 Å². The molecule has 0 saturated carbocycles. The summed E-state index contributed by atoms with van der Waals surface area (Å²) >= 11 is 6.23. The van der Waals surface area contributed by atoms with Gasteiger partial charge in [-0.25, -0.2) is 10.2 Å². The molecule has 0 aromatic heterocycles. The molecule has 2 N–H and O–H groups in total. The van der Waals surface area contributed by atoms with E-state index in [9.17, 15) is 4.79 Å². The van der Waals surface area contributed by atoms with E-state index < -0.39 is 6.03 Å². The SMILES string of the molecule is COc1ccc(/C=N\NC(=O)Nc2ccccc2C)c(Cl)c1OC. The third-order valence-corrected chi connectivity index (χ3v) is 3.67. The van der Waals surface area contributed by atoms with Gasteiger partial charge in [-0.05, 0) is 30.7 Å². The number of urea groups is 1. The fraction of sp³-hybridized carbons (Fsp3) is 0.176. The summed E-state index contributed by atoms with van der Waals surface area (Å²) in [7, 11) is 3.03. The minimum absolute atomic E-state index is 0.349. The fourth-order valence-corrected chi connectivity index (χ4v) is 2.31. The number of rotatable bonds is 5. The van der Waals surface area contributed by atoms with Gasteiger partial charge in [0.2, 0.25) is 0 Å². The van der Waals surface area contributed by atoms with E-state index in [2.05, 4.69) is 15.8 Å². The third-order valence-electron chi connectivity index (χ3n) is 3.28. The molecule has 6 nitrogen and oxygen atoms in total. The monoisotopic (exact) mass is 347 g/mol. The highest BCUT2D eigenvalue weighted by atomic mass is 35.5. The largest absolute Gasteiger partial charge is 0.493 e. The standard InChI is InChI=1S/C17H18ClN3O3/c1-11-6-4-5-7-13(11)20-17(22)21-19-10-12-8-9-14(23-2)16(24-3)15(12)18/h4-10H,1-3H3,(H2,20,21,22)/b19-10-. The van der Waals surface area contributed by atoms with Crippen molar-refractivity contribution >= 4 is 29.5 Å². The molecule has 2 amide bonds. The normalized spacial score (nSPS) is 10.5. The number of methoxy groups -OCH3 is 2. The van der Waals surface area contributed by atoms with Gasteiger partial charge in [0.25, 0.3) is 0 Å². The van der Waals surface area contributed by atoms with Crippen LogP contribution < -0.4 is 20.2 Å². The molecule has 0 saturated heterocycles. The molecule has 2 aromatic rings. The minimum Gasteiger partial charge on any atom is -0.493 e. The summed E-state index contributed by atoms with van der Waals surface area (Å²) in [6.45, 7) is 1.91. The molecule has 0 atom stereocenters. The Morgan fingerprint density at radius 1 is 1.17 bits per heavy atom. The highest BCUT2D eigenvalue weighted by molar-refractivity contribution is 6.34. The number of ether oxygens (including phenoxy) is 2. The van der Waals surface area contributed by atoms with Crippen molar-refractivity contribution in [3.8, 4) is 11.5 Å². The van der Waals surface area contributed by atoms with E-state index in [0.29, 0.717) is 27.8 Å². The molecule has 0 aliphatic heterocycles. The van der Waals surface area contributed by atoms with Crippen molar-refractivity contribution in [1.29, 1.82) is 0 Å². The Balaban J connectivity index is 2.04. The minimum atomic E-state index is -0.447. The first-order chi connectivity index (χ1) is 11.6. The number of hydrogen-bond donors (Lipinski definition) is 2. The van der Waals surface area contributed by atoms with Crippen molar-refractivity contribution in [2.24, 2.45) is 5.10 Å². The maximum absolute atomic E-state index is 11.8. The van der Waals surface area contributed by atoms with E-state index in [1.165, 1.54) is 20.4 Å². The summed E-state index contributed by atoms with van der Waals surface area (Å²) in [4.78, 5) is 11.8. The van der Waals surface area contributed by atoms with Crippen molar-refractivity contribution in [3.63, 3.8) is 0 Å². The lowest BCUT2D eigenvalue weighted by atomic mass is 10.2. The Kier molecular flexibility index (Phi) is 6.03. The van der Waals surface area contributed by atoms with Gasteiger partial charge in [0, 0.05) is 11.3 Å². The Morgan fingerprint density at radius 2 is 1.92 bits per heavy atom. The summed E-state index contributed by atoms with van der Waals surface area (Å²) in [6.07, 6.45) is 1.43. The summed E-state index contributed by atoms with van der Waals surface area (Å²) in [6, 6.07) is 10.4. The van der Waals surface area contributed by atoms with Gasteiger partial charge in [-0.2, -0.15) is 5.10 Å². The van der Waals surface area contributed by atoms with E-state index >= 15 is 0 Å². The smallest absolute Gasteiger partial charge is 0.339 e. The van der Waals surface area contributed by atoms with Gasteiger partial charge in [0.05, 0.1) is 25.5 Å². The van der Waals surface area contributed by atoms with Gasteiger partial charge in [-0.3, -0.25) is 0 Å². The number of halogens is 1. The molecule has 126 valence electrons. The van der Waals surface area contributed by atoms with Gasteiger partial charge in [-0.1, -0.05) is 29.8 Å². The number of benzene rings is 2. The van der Waals surface area contributed by atoms with E-state index in [4.69, 9.17) is 21.1 Å². The van der Waals surface area contributed by atoms with Gasteiger partial charge in [0.15, 0.2) is 11.5 Å². The van der Waals surface area contributed by atoms with E-state index in [-0.39, 0.29) is 0 Å². The number of carbonyl (C=O) groups is 1. The van der Waals surface area contributed by atoms with Crippen LogP contribution in [0.4, 0.5) is 10.5 Å². The van der Waals surface area contributed by atoms with Crippen LogP contribution in [0.3, 0.4) is 0 Å². The van der Waals surface area contributed by atoms with Gasteiger partial charge < -0.3 is 14.8 Å². The van der Waals surface area contributed by atoms with Crippen LogP contribution in [0.15, 0.2) is 41.5 Å². The summed E-state index contributed by atoms with van der Waals surface area (Å²) in [5, 5.41) is 6.95. The fourth-order valence-electron chi connectivity index (χ4n) is 2.03. The van der Waals surface area contributed by atoms with E-state index in [1.807, 2.05) is 31.2 Å². The summed E-state index contributed by atoms with van der Waals surface area (Å²) in [5.41, 5.74) is 4.65. The Bertz CT molecular complexity index is 763. The van der Waals surface area contributed by atoms with E-state index in [0.717, 1.165) is 5.56 Å². The molecule has 0 unspecified atom stereocenters. The molecule has 0 heterocycles. The summed E-state index contributed by atoms with van der Waals surface area (Å²) in [5.74, 6) is 0.928. The van der Waals surface area contributed by atoms with Crippen LogP contribution in [0.25, 0.3) is 0 Å². The maximum atomic E-state index is 11.8. The molecule has 0 bridgehead atoms. The summed E-state index contributed by atoms with van der Waals surface area (Å²) < 4.78 is 10.4. The Labute approximate surface area is 145 Å². The van der Waals surface area contributed by atoms with Crippen LogP contribution in [0.2, 0.25) is 5.02 Å². The second kappa shape index (κ2) is 8.21. The number of hydrogen-bond acceptors (Lipinski definition) is 4. The quantitative estimate of drug-likeness (QED) is 0.638. The second-order valence-electron chi connectivity index (χ2n) is 4.84. The number of nitrogens with zero attached hydrogens (tertiary/aromatic N) is 1. The lowest BCUT2D eigenvalue weighted by Gasteiger charge is -2.10. The average molecular weight is 348 g/mol.